The summed E-state index contributed by atoms with van der Waals surface area (Å²) in [5.74, 6) is -2.20. The highest BCUT2D eigenvalue weighted by Crippen LogP contribution is 2.63. The molecule has 0 aliphatic carbocycles. The second-order valence-electron chi connectivity index (χ2n) is 8.45. The molecule has 0 spiro atoms. The van der Waals surface area contributed by atoms with Gasteiger partial charge < -0.3 is 9.47 Å². The highest BCUT2D eigenvalue weighted by molar-refractivity contribution is 5.89. The zero-order chi connectivity index (χ0) is 21.8. The van der Waals surface area contributed by atoms with Crippen LogP contribution in [0.1, 0.15) is 57.9 Å². The van der Waals surface area contributed by atoms with Gasteiger partial charge in [0, 0.05) is 6.92 Å². The Balaban J connectivity index is 2.00. The number of benzene rings is 1. The van der Waals surface area contributed by atoms with Gasteiger partial charge in [-0.2, -0.15) is 15.8 Å². The van der Waals surface area contributed by atoms with E-state index < -0.39 is 28.6 Å². The van der Waals surface area contributed by atoms with Gasteiger partial charge in [-0.25, -0.2) is 0 Å². The number of nitrogens with zero attached hydrogens (tertiary/aromatic N) is 3. The summed E-state index contributed by atoms with van der Waals surface area (Å²) in [4.78, 5) is 0. The SMILES string of the molecule is CCCCCCCC1OC2(C)OC(=N)C(C#N)(C2Cc2ccccc2)C1(C#N)C#N. The molecule has 2 bridgehead atoms. The number of nitrogens with one attached hydrogen (secondary N) is 1. The minimum atomic E-state index is -1.79. The van der Waals surface area contributed by atoms with Crippen molar-refractivity contribution in [3.63, 3.8) is 0 Å². The van der Waals surface area contributed by atoms with Gasteiger partial charge in [0.1, 0.15) is 0 Å². The van der Waals surface area contributed by atoms with Crippen molar-refractivity contribution >= 4 is 5.90 Å². The molecule has 4 unspecified atom stereocenters. The molecule has 6 heteroatoms. The minimum Gasteiger partial charge on any atom is -0.448 e. The first-order valence-corrected chi connectivity index (χ1v) is 10.7. The van der Waals surface area contributed by atoms with E-state index in [-0.39, 0.29) is 5.90 Å². The average molecular weight is 405 g/mol. The van der Waals surface area contributed by atoms with Gasteiger partial charge in [0.25, 0.3) is 0 Å². The highest BCUT2D eigenvalue weighted by Gasteiger charge is 2.78. The monoisotopic (exact) mass is 404 g/mol. The average Bonchev–Trinajstić information content (AvgIpc) is 2.91. The van der Waals surface area contributed by atoms with E-state index >= 15 is 0 Å². The fourth-order valence-corrected chi connectivity index (χ4v) is 5.05. The molecule has 3 rings (SSSR count). The molecule has 156 valence electrons. The summed E-state index contributed by atoms with van der Waals surface area (Å²) in [6, 6.07) is 16.0. The van der Waals surface area contributed by atoms with E-state index in [2.05, 4.69) is 25.1 Å². The van der Waals surface area contributed by atoms with Crippen molar-refractivity contribution in [1.29, 1.82) is 21.2 Å². The highest BCUT2D eigenvalue weighted by atomic mass is 16.7. The van der Waals surface area contributed by atoms with Crippen LogP contribution in [-0.2, 0) is 15.9 Å². The number of ether oxygens (including phenoxy) is 2. The molecule has 2 heterocycles. The van der Waals surface area contributed by atoms with Crippen molar-refractivity contribution < 1.29 is 9.47 Å². The van der Waals surface area contributed by atoms with Gasteiger partial charge in [0.2, 0.25) is 11.7 Å². The Morgan fingerprint density at radius 2 is 1.67 bits per heavy atom. The zero-order valence-electron chi connectivity index (χ0n) is 17.6. The summed E-state index contributed by atoms with van der Waals surface area (Å²) in [7, 11) is 0. The smallest absolute Gasteiger partial charge is 0.214 e. The lowest BCUT2D eigenvalue weighted by Gasteiger charge is -2.48. The Labute approximate surface area is 178 Å². The van der Waals surface area contributed by atoms with E-state index in [0.29, 0.717) is 12.8 Å². The molecule has 0 amide bonds. The van der Waals surface area contributed by atoms with Crippen molar-refractivity contribution in [3.05, 3.63) is 35.9 Å². The van der Waals surface area contributed by atoms with E-state index in [0.717, 1.165) is 37.7 Å². The van der Waals surface area contributed by atoms with Gasteiger partial charge in [-0.1, -0.05) is 69.4 Å². The summed E-state index contributed by atoms with van der Waals surface area (Å²) >= 11 is 0. The molecule has 0 radical (unpaired) electrons. The third-order valence-electron chi connectivity index (χ3n) is 6.68. The summed E-state index contributed by atoms with van der Waals surface area (Å²) in [6.45, 7) is 3.88. The van der Waals surface area contributed by atoms with Crippen LogP contribution in [0.4, 0.5) is 0 Å². The maximum atomic E-state index is 10.3. The molecule has 2 fully saturated rings. The molecule has 2 saturated heterocycles. The number of hydrogen-bond donors (Lipinski definition) is 1. The third kappa shape index (κ3) is 3.15. The van der Waals surface area contributed by atoms with Crippen LogP contribution in [0.15, 0.2) is 30.3 Å². The fraction of sp³-hybridized carbons (Fsp3) is 0.583. The Kier molecular flexibility index (Phi) is 6.16. The van der Waals surface area contributed by atoms with Gasteiger partial charge >= 0.3 is 0 Å². The van der Waals surface area contributed by atoms with Gasteiger partial charge in [-0.05, 0) is 18.4 Å². The normalized spacial score (nSPS) is 31.2. The van der Waals surface area contributed by atoms with Gasteiger partial charge in [0.15, 0.2) is 10.8 Å². The predicted molar refractivity (Wildman–Crippen MR) is 111 cm³/mol. The number of hydrogen-bond acceptors (Lipinski definition) is 6. The molecular weight excluding hydrogens is 376 g/mol. The van der Waals surface area contributed by atoms with Crippen LogP contribution in [0.25, 0.3) is 0 Å². The van der Waals surface area contributed by atoms with Gasteiger partial charge in [-0.15, -0.1) is 0 Å². The summed E-state index contributed by atoms with van der Waals surface area (Å²) < 4.78 is 12.1. The molecule has 0 aromatic heterocycles. The lowest BCUT2D eigenvalue weighted by atomic mass is 9.53. The minimum absolute atomic E-state index is 0.329. The lowest BCUT2D eigenvalue weighted by Crippen LogP contribution is -2.62. The summed E-state index contributed by atoms with van der Waals surface area (Å²) in [5.41, 5.74) is -2.52. The number of fused-ring (bicyclic) bond motifs is 2. The van der Waals surface area contributed by atoms with Crippen molar-refractivity contribution in [2.75, 3.05) is 0 Å². The molecule has 6 nitrogen and oxygen atoms in total. The molecule has 2 aliphatic rings. The zero-order valence-corrected chi connectivity index (χ0v) is 17.6. The standard InChI is InChI=1S/C24H28N4O2/c1-3-4-5-6-10-13-20-23(15-25,16-26)24(17-27)19(14-18-11-8-7-9-12-18)22(2,29-20)30-21(24)28/h7-9,11-12,19-20,28H,3-6,10,13-14H2,1-2H3. The molecule has 2 aliphatic heterocycles. The number of nitriles is 3. The molecule has 0 saturated carbocycles. The van der Waals surface area contributed by atoms with Crippen LogP contribution in [0.2, 0.25) is 0 Å². The summed E-state index contributed by atoms with van der Waals surface area (Å²) in [6.07, 6.45) is 5.20. The molecular formula is C24H28N4O2. The van der Waals surface area contributed by atoms with Crippen LogP contribution >= 0.6 is 0 Å². The summed E-state index contributed by atoms with van der Waals surface area (Å²) in [5, 5.41) is 39.3. The van der Waals surface area contributed by atoms with Crippen molar-refractivity contribution in [3.8, 4) is 18.2 Å². The first-order valence-electron chi connectivity index (χ1n) is 10.7. The predicted octanol–water partition coefficient (Wildman–Crippen LogP) is 4.87. The topological polar surface area (TPSA) is 114 Å². The maximum absolute atomic E-state index is 10.3. The Hall–Kier alpha value is -2.88. The van der Waals surface area contributed by atoms with E-state index in [9.17, 15) is 15.8 Å². The van der Waals surface area contributed by atoms with Crippen molar-refractivity contribution in [2.24, 2.45) is 16.7 Å². The third-order valence-corrected chi connectivity index (χ3v) is 6.68. The second kappa shape index (κ2) is 8.47. The Bertz CT molecular complexity index is 896. The van der Waals surface area contributed by atoms with Crippen LogP contribution in [0, 0.1) is 56.2 Å². The first-order chi connectivity index (χ1) is 14.4. The quantitative estimate of drug-likeness (QED) is 0.621. The molecule has 30 heavy (non-hydrogen) atoms. The van der Waals surface area contributed by atoms with Crippen molar-refractivity contribution in [1.82, 2.24) is 0 Å². The maximum Gasteiger partial charge on any atom is 0.214 e. The van der Waals surface area contributed by atoms with E-state index in [1.165, 1.54) is 0 Å². The number of rotatable bonds is 8. The van der Waals surface area contributed by atoms with E-state index in [1.807, 2.05) is 30.3 Å². The van der Waals surface area contributed by atoms with Crippen LogP contribution in [0.5, 0.6) is 0 Å². The number of unbranched alkanes of at least 4 members (excludes halogenated alkanes) is 4. The Morgan fingerprint density at radius 3 is 2.27 bits per heavy atom. The van der Waals surface area contributed by atoms with Crippen molar-refractivity contribution in [2.45, 2.75) is 70.7 Å². The van der Waals surface area contributed by atoms with Gasteiger partial charge in [0.05, 0.1) is 30.2 Å². The Morgan fingerprint density at radius 1 is 1.00 bits per heavy atom. The molecule has 1 aromatic carbocycles. The van der Waals surface area contributed by atoms with Gasteiger partial charge in [-0.3, -0.25) is 5.41 Å². The van der Waals surface area contributed by atoms with Crippen LogP contribution in [0.3, 0.4) is 0 Å². The second-order valence-corrected chi connectivity index (χ2v) is 8.45. The van der Waals surface area contributed by atoms with E-state index in [4.69, 9.17) is 14.9 Å². The van der Waals surface area contributed by atoms with E-state index in [1.54, 1.807) is 6.92 Å². The largest absolute Gasteiger partial charge is 0.448 e. The molecule has 1 N–H and O–H groups in total. The molecule has 4 atom stereocenters. The molecule has 1 aromatic rings. The van der Waals surface area contributed by atoms with Crippen LogP contribution in [-0.4, -0.2) is 17.8 Å². The van der Waals surface area contributed by atoms with Crippen LogP contribution < -0.4 is 0 Å². The lowest BCUT2D eigenvalue weighted by molar-refractivity contribution is -0.270. The first kappa shape index (κ1) is 21.8. The fourth-order valence-electron chi connectivity index (χ4n) is 5.05.